The SMILES string of the molecule is CCNC(C)c1sc(-c2c(C)oc3ccccc23)nc1C. The molecule has 2 heterocycles. The number of fused-ring (bicyclic) bond motifs is 1. The van der Waals surface area contributed by atoms with Gasteiger partial charge in [0.05, 0.1) is 11.3 Å². The molecule has 1 unspecified atom stereocenters. The van der Waals surface area contributed by atoms with Crippen molar-refractivity contribution in [3.05, 3.63) is 40.6 Å². The molecule has 0 radical (unpaired) electrons. The topological polar surface area (TPSA) is 38.1 Å². The summed E-state index contributed by atoms with van der Waals surface area (Å²) in [5, 5.41) is 5.66. The molecule has 110 valence electrons. The molecule has 21 heavy (non-hydrogen) atoms. The Hall–Kier alpha value is -1.65. The maximum atomic E-state index is 5.86. The molecule has 0 bridgehead atoms. The minimum absolute atomic E-state index is 0.333. The van der Waals surface area contributed by atoms with E-state index in [-0.39, 0.29) is 0 Å². The minimum atomic E-state index is 0.333. The lowest BCUT2D eigenvalue weighted by Gasteiger charge is -2.09. The van der Waals surface area contributed by atoms with Crippen LogP contribution in [0.2, 0.25) is 0 Å². The maximum absolute atomic E-state index is 5.86. The predicted octanol–water partition coefficient (Wildman–Crippen LogP) is 4.84. The number of aromatic nitrogens is 1. The first-order chi connectivity index (χ1) is 10.1. The van der Waals surface area contributed by atoms with Crippen molar-refractivity contribution in [2.75, 3.05) is 6.54 Å². The number of aryl methyl sites for hydroxylation is 2. The number of nitrogens with one attached hydrogen (secondary N) is 1. The number of benzene rings is 1. The lowest BCUT2D eigenvalue weighted by Crippen LogP contribution is -2.17. The van der Waals surface area contributed by atoms with E-state index >= 15 is 0 Å². The van der Waals surface area contributed by atoms with E-state index in [9.17, 15) is 0 Å². The number of rotatable bonds is 4. The van der Waals surface area contributed by atoms with Crippen LogP contribution in [-0.4, -0.2) is 11.5 Å². The molecule has 1 N–H and O–H groups in total. The van der Waals surface area contributed by atoms with E-state index < -0.39 is 0 Å². The zero-order valence-electron chi connectivity index (χ0n) is 12.9. The normalized spacial score (nSPS) is 13.0. The summed E-state index contributed by atoms with van der Waals surface area (Å²) in [5.74, 6) is 0.938. The Labute approximate surface area is 129 Å². The van der Waals surface area contributed by atoms with Crippen LogP contribution >= 0.6 is 11.3 Å². The van der Waals surface area contributed by atoms with Gasteiger partial charge in [0.2, 0.25) is 0 Å². The van der Waals surface area contributed by atoms with E-state index in [2.05, 4.69) is 32.2 Å². The monoisotopic (exact) mass is 300 g/mol. The minimum Gasteiger partial charge on any atom is -0.461 e. The van der Waals surface area contributed by atoms with Gasteiger partial charge in [-0.15, -0.1) is 11.3 Å². The molecular weight excluding hydrogens is 280 g/mol. The zero-order chi connectivity index (χ0) is 15.0. The van der Waals surface area contributed by atoms with Gasteiger partial charge < -0.3 is 9.73 Å². The van der Waals surface area contributed by atoms with Crippen LogP contribution in [0.5, 0.6) is 0 Å². The van der Waals surface area contributed by atoms with E-state index in [0.29, 0.717) is 6.04 Å². The molecule has 1 aromatic carbocycles. The van der Waals surface area contributed by atoms with Crippen LogP contribution in [0, 0.1) is 13.8 Å². The highest BCUT2D eigenvalue weighted by molar-refractivity contribution is 7.15. The van der Waals surface area contributed by atoms with Crippen LogP contribution in [0.4, 0.5) is 0 Å². The number of para-hydroxylation sites is 1. The Morgan fingerprint density at radius 3 is 2.81 bits per heavy atom. The first-order valence-corrected chi connectivity index (χ1v) is 8.12. The largest absolute Gasteiger partial charge is 0.461 e. The lowest BCUT2D eigenvalue weighted by atomic mass is 10.1. The molecule has 0 amide bonds. The molecule has 4 heteroatoms. The van der Waals surface area contributed by atoms with Gasteiger partial charge >= 0.3 is 0 Å². The fraction of sp³-hybridized carbons (Fsp3) is 0.353. The predicted molar refractivity (Wildman–Crippen MR) is 88.9 cm³/mol. The Bertz CT molecular complexity index is 772. The van der Waals surface area contributed by atoms with E-state index in [1.165, 1.54) is 4.88 Å². The quantitative estimate of drug-likeness (QED) is 0.749. The average molecular weight is 300 g/mol. The van der Waals surface area contributed by atoms with Crippen LogP contribution in [0.1, 0.15) is 36.2 Å². The van der Waals surface area contributed by atoms with Gasteiger partial charge in [0.15, 0.2) is 0 Å². The molecule has 0 saturated carbocycles. The summed E-state index contributed by atoms with van der Waals surface area (Å²) in [6.45, 7) is 9.37. The standard InChI is InChI=1S/C17H20N2OS/c1-5-18-10(2)16-11(3)19-17(21-16)15-12(4)20-14-9-7-6-8-13(14)15/h6-10,18H,5H2,1-4H3. The van der Waals surface area contributed by atoms with Gasteiger partial charge in [-0.25, -0.2) is 4.98 Å². The lowest BCUT2D eigenvalue weighted by molar-refractivity contribution is 0.580. The maximum Gasteiger partial charge on any atom is 0.135 e. The molecule has 0 spiro atoms. The molecule has 3 rings (SSSR count). The second-order valence-corrected chi connectivity index (χ2v) is 6.31. The molecule has 0 saturated heterocycles. The fourth-order valence-corrected chi connectivity index (χ4v) is 3.95. The van der Waals surface area contributed by atoms with Gasteiger partial charge in [-0.1, -0.05) is 25.1 Å². The van der Waals surface area contributed by atoms with Crippen molar-refractivity contribution in [1.29, 1.82) is 0 Å². The van der Waals surface area contributed by atoms with E-state index in [4.69, 9.17) is 9.40 Å². The zero-order valence-corrected chi connectivity index (χ0v) is 13.7. The molecule has 0 aliphatic carbocycles. The highest BCUT2D eigenvalue weighted by Crippen LogP contribution is 2.38. The summed E-state index contributed by atoms with van der Waals surface area (Å²) in [4.78, 5) is 6.09. The third kappa shape index (κ3) is 2.49. The third-order valence-electron chi connectivity index (χ3n) is 3.72. The van der Waals surface area contributed by atoms with Gasteiger partial charge in [-0.2, -0.15) is 0 Å². The fourth-order valence-electron chi connectivity index (χ4n) is 2.75. The number of hydrogen-bond acceptors (Lipinski definition) is 4. The molecule has 0 aliphatic rings. The van der Waals surface area contributed by atoms with Crippen molar-refractivity contribution in [2.45, 2.75) is 33.7 Å². The van der Waals surface area contributed by atoms with Gasteiger partial charge in [-0.3, -0.25) is 0 Å². The van der Waals surface area contributed by atoms with Crippen molar-refractivity contribution in [3.8, 4) is 10.6 Å². The van der Waals surface area contributed by atoms with Gasteiger partial charge in [-0.05, 0) is 33.4 Å². The molecule has 2 aromatic heterocycles. The summed E-state index contributed by atoms with van der Waals surface area (Å²) < 4.78 is 5.86. The van der Waals surface area contributed by atoms with Crippen LogP contribution < -0.4 is 5.32 Å². The van der Waals surface area contributed by atoms with E-state index in [0.717, 1.165) is 39.5 Å². The molecule has 0 fully saturated rings. The summed E-state index contributed by atoms with van der Waals surface area (Å²) in [6, 6.07) is 8.49. The summed E-state index contributed by atoms with van der Waals surface area (Å²) in [6.07, 6.45) is 0. The Morgan fingerprint density at radius 2 is 2.05 bits per heavy atom. The Balaban J connectivity index is 2.11. The number of furan rings is 1. The molecule has 3 nitrogen and oxygen atoms in total. The first-order valence-electron chi connectivity index (χ1n) is 7.31. The van der Waals surface area contributed by atoms with Crippen molar-refractivity contribution in [1.82, 2.24) is 10.3 Å². The smallest absolute Gasteiger partial charge is 0.135 e. The van der Waals surface area contributed by atoms with Gasteiger partial charge in [0.1, 0.15) is 16.4 Å². The highest BCUT2D eigenvalue weighted by atomic mass is 32.1. The second-order valence-electron chi connectivity index (χ2n) is 5.28. The number of hydrogen-bond donors (Lipinski definition) is 1. The van der Waals surface area contributed by atoms with E-state index in [1.807, 2.05) is 25.1 Å². The van der Waals surface area contributed by atoms with Crippen LogP contribution in [0.25, 0.3) is 21.5 Å². The Kier molecular flexibility index (Phi) is 3.83. The number of thiazole rings is 1. The number of nitrogens with zero attached hydrogens (tertiary/aromatic N) is 1. The highest BCUT2D eigenvalue weighted by Gasteiger charge is 2.19. The second kappa shape index (κ2) is 5.62. The van der Waals surface area contributed by atoms with E-state index in [1.54, 1.807) is 11.3 Å². The Morgan fingerprint density at radius 1 is 1.29 bits per heavy atom. The van der Waals surface area contributed by atoms with Crippen LogP contribution in [0.3, 0.4) is 0 Å². The van der Waals surface area contributed by atoms with Crippen LogP contribution in [-0.2, 0) is 0 Å². The van der Waals surface area contributed by atoms with Crippen molar-refractivity contribution in [2.24, 2.45) is 0 Å². The summed E-state index contributed by atoms with van der Waals surface area (Å²) in [5.41, 5.74) is 3.17. The van der Waals surface area contributed by atoms with Crippen LogP contribution in [0.15, 0.2) is 28.7 Å². The first kappa shape index (κ1) is 14.3. The molecule has 3 aromatic rings. The summed E-state index contributed by atoms with van der Waals surface area (Å²) >= 11 is 1.76. The van der Waals surface area contributed by atoms with Crippen molar-refractivity contribution in [3.63, 3.8) is 0 Å². The van der Waals surface area contributed by atoms with Gasteiger partial charge in [0, 0.05) is 16.3 Å². The van der Waals surface area contributed by atoms with Gasteiger partial charge in [0.25, 0.3) is 0 Å². The summed E-state index contributed by atoms with van der Waals surface area (Å²) in [7, 11) is 0. The molecule has 1 atom stereocenters. The molecular formula is C17H20N2OS. The molecule has 0 aliphatic heterocycles. The average Bonchev–Trinajstić information content (AvgIpc) is 2.98. The van der Waals surface area contributed by atoms with Crippen molar-refractivity contribution >= 4 is 22.3 Å². The van der Waals surface area contributed by atoms with Crippen molar-refractivity contribution < 1.29 is 4.42 Å². The third-order valence-corrected chi connectivity index (χ3v) is 5.08.